The lowest BCUT2D eigenvalue weighted by molar-refractivity contribution is -0.126. The van der Waals surface area contributed by atoms with Crippen molar-refractivity contribution in [3.05, 3.63) is 46.2 Å². The van der Waals surface area contributed by atoms with Gasteiger partial charge in [-0.3, -0.25) is 14.9 Å². The van der Waals surface area contributed by atoms with Gasteiger partial charge in [0.05, 0.1) is 29.1 Å². The zero-order valence-electron chi connectivity index (χ0n) is 19.6. The van der Waals surface area contributed by atoms with Crippen molar-refractivity contribution in [1.82, 2.24) is 15.6 Å². The maximum absolute atomic E-state index is 14.5. The number of carbonyl (C=O) groups is 3. The van der Waals surface area contributed by atoms with E-state index < -0.39 is 38.8 Å². The van der Waals surface area contributed by atoms with Crippen molar-refractivity contribution < 1.29 is 31.9 Å². The van der Waals surface area contributed by atoms with Crippen LogP contribution < -0.4 is 16.0 Å². The fourth-order valence-electron chi connectivity index (χ4n) is 3.50. The number of anilines is 1. The van der Waals surface area contributed by atoms with E-state index in [1.165, 1.54) is 18.2 Å². The van der Waals surface area contributed by atoms with E-state index in [1.807, 2.05) is 0 Å². The molecule has 4 rings (SSSR count). The number of thiazole rings is 1. The number of rotatable bonds is 8. The van der Waals surface area contributed by atoms with Crippen LogP contribution in [0.3, 0.4) is 0 Å². The minimum absolute atomic E-state index is 0.0135. The summed E-state index contributed by atoms with van der Waals surface area (Å²) in [6.07, 6.45) is 1.84. The molecule has 1 aromatic heterocycles. The minimum Gasteiger partial charge on any atom is -0.453 e. The van der Waals surface area contributed by atoms with Crippen LogP contribution in [0.25, 0.3) is 21.3 Å². The number of fused-ring (bicyclic) bond motifs is 1. The molecular formula is C23H22ClFN4O6S2. The first-order valence-electron chi connectivity index (χ1n) is 11.0. The number of halogens is 2. The summed E-state index contributed by atoms with van der Waals surface area (Å²) in [4.78, 5) is 40.4. The van der Waals surface area contributed by atoms with Crippen LogP contribution in [0.2, 0.25) is 5.02 Å². The molecule has 0 spiro atoms. The SMILES string of the molecule is COC(=O)Nc1ccc(-c2cc(Cl)c3nc(C(C(=O)NCC(=O)NC4CC4)S(C)(=O)=O)sc3c2)cc1F. The molecule has 2 aromatic carbocycles. The molecule has 1 aliphatic carbocycles. The topological polar surface area (TPSA) is 144 Å². The van der Waals surface area contributed by atoms with Crippen LogP contribution in [0, 0.1) is 5.82 Å². The highest BCUT2D eigenvalue weighted by atomic mass is 35.5. The van der Waals surface area contributed by atoms with E-state index in [2.05, 4.69) is 25.7 Å². The summed E-state index contributed by atoms with van der Waals surface area (Å²) >= 11 is 7.37. The van der Waals surface area contributed by atoms with Crippen molar-refractivity contribution in [2.75, 3.05) is 25.2 Å². The van der Waals surface area contributed by atoms with Gasteiger partial charge in [-0.25, -0.2) is 22.6 Å². The Kier molecular flexibility index (Phi) is 7.67. The highest BCUT2D eigenvalue weighted by molar-refractivity contribution is 7.91. The van der Waals surface area contributed by atoms with Crippen molar-refractivity contribution >= 4 is 66.6 Å². The van der Waals surface area contributed by atoms with E-state index in [-0.39, 0.29) is 33.8 Å². The van der Waals surface area contributed by atoms with E-state index in [0.717, 1.165) is 37.5 Å². The van der Waals surface area contributed by atoms with Gasteiger partial charge in [-0.15, -0.1) is 11.3 Å². The van der Waals surface area contributed by atoms with Crippen molar-refractivity contribution in [2.24, 2.45) is 0 Å². The number of methoxy groups -OCH3 is 1. The van der Waals surface area contributed by atoms with Gasteiger partial charge in [0.2, 0.25) is 11.8 Å². The summed E-state index contributed by atoms with van der Waals surface area (Å²) in [6, 6.07) is 7.40. The second-order valence-electron chi connectivity index (χ2n) is 8.44. The second-order valence-corrected chi connectivity index (χ2v) is 12.0. The molecule has 1 unspecified atom stereocenters. The Labute approximate surface area is 220 Å². The van der Waals surface area contributed by atoms with Crippen molar-refractivity contribution in [2.45, 2.75) is 24.1 Å². The van der Waals surface area contributed by atoms with Gasteiger partial charge in [-0.1, -0.05) is 17.7 Å². The number of nitrogens with one attached hydrogen (secondary N) is 3. The molecule has 1 saturated carbocycles. The van der Waals surface area contributed by atoms with Gasteiger partial charge in [0.15, 0.2) is 15.1 Å². The summed E-state index contributed by atoms with van der Waals surface area (Å²) in [6.45, 7) is -0.358. The van der Waals surface area contributed by atoms with Crippen molar-refractivity contribution in [1.29, 1.82) is 0 Å². The normalized spacial score (nSPS) is 14.2. The minimum atomic E-state index is -3.95. The van der Waals surface area contributed by atoms with Gasteiger partial charge in [0.25, 0.3) is 0 Å². The van der Waals surface area contributed by atoms with Crippen LogP contribution in [-0.4, -0.2) is 57.3 Å². The van der Waals surface area contributed by atoms with Crippen molar-refractivity contribution in [3.8, 4) is 11.1 Å². The molecule has 0 aliphatic heterocycles. The van der Waals surface area contributed by atoms with E-state index >= 15 is 0 Å². The van der Waals surface area contributed by atoms with Crippen LogP contribution in [0.4, 0.5) is 14.9 Å². The molecule has 1 heterocycles. The first kappa shape index (κ1) is 26.8. The van der Waals surface area contributed by atoms with E-state index in [1.54, 1.807) is 12.1 Å². The third-order valence-corrected chi connectivity index (χ3v) is 8.24. The predicted octanol–water partition coefficient (Wildman–Crippen LogP) is 3.41. The van der Waals surface area contributed by atoms with Crippen LogP contribution in [0.5, 0.6) is 0 Å². The monoisotopic (exact) mass is 568 g/mol. The molecule has 10 nitrogen and oxygen atoms in total. The van der Waals surface area contributed by atoms with Gasteiger partial charge < -0.3 is 15.4 Å². The molecule has 0 saturated heterocycles. The number of hydrogen-bond donors (Lipinski definition) is 3. The lowest BCUT2D eigenvalue weighted by atomic mass is 10.0. The number of amides is 3. The van der Waals surface area contributed by atoms with Crippen LogP contribution in [-0.2, 0) is 24.2 Å². The Morgan fingerprint density at radius 3 is 2.57 bits per heavy atom. The number of ether oxygens (including phenoxy) is 1. The molecule has 0 bridgehead atoms. The lowest BCUT2D eigenvalue weighted by Gasteiger charge is -2.12. The Hall–Kier alpha value is -3.29. The molecule has 196 valence electrons. The average molecular weight is 569 g/mol. The fraction of sp³-hybridized carbons (Fsp3) is 0.304. The van der Waals surface area contributed by atoms with Gasteiger partial charge >= 0.3 is 6.09 Å². The summed E-state index contributed by atoms with van der Waals surface area (Å²) in [5, 5.41) is 5.86. The summed E-state index contributed by atoms with van der Waals surface area (Å²) in [5.41, 5.74) is 1.15. The lowest BCUT2D eigenvalue weighted by Crippen LogP contribution is -2.41. The highest BCUT2D eigenvalue weighted by Gasteiger charge is 2.34. The number of nitrogens with zero attached hydrogens (tertiary/aromatic N) is 1. The summed E-state index contributed by atoms with van der Waals surface area (Å²) in [7, 11) is -2.80. The third-order valence-electron chi connectivity index (χ3n) is 5.45. The van der Waals surface area contributed by atoms with Gasteiger partial charge in [-0.2, -0.15) is 0 Å². The third kappa shape index (κ3) is 6.35. The maximum Gasteiger partial charge on any atom is 0.411 e. The molecule has 1 fully saturated rings. The molecule has 14 heteroatoms. The Morgan fingerprint density at radius 2 is 1.95 bits per heavy atom. The van der Waals surface area contributed by atoms with E-state index in [9.17, 15) is 27.2 Å². The zero-order chi connectivity index (χ0) is 26.9. The number of aromatic nitrogens is 1. The summed E-state index contributed by atoms with van der Waals surface area (Å²) < 4.78 is 44.5. The number of hydrogen-bond acceptors (Lipinski definition) is 8. The molecular weight excluding hydrogens is 547 g/mol. The molecule has 3 aromatic rings. The number of benzene rings is 2. The molecule has 0 radical (unpaired) electrons. The Balaban J connectivity index is 1.62. The quantitative estimate of drug-likeness (QED) is 0.378. The zero-order valence-corrected chi connectivity index (χ0v) is 22.0. The first-order chi connectivity index (χ1) is 17.5. The highest BCUT2D eigenvalue weighted by Crippen LogP contribution is 2.37. The van der Waals surface area contributed by atoms with Crippen LogP contribution >= 0.6 is 22.9 Å². The Morgan fingerprint density at radius 1 is 1.22 bits per heavy atom. The van der Waals surface area contributed by atoms with E-state index in [0.29, 0.717) is 15.8 Å². The number of carbonyl (C=O) groups excluding carboxylic acids is 3. The second kappa shape index (κ2) is 10.6. The number of sulfone groups is 1. The Bertz CT molecular complexity index is 1510. The standard InChI is InChI=1S/C23H22ClFN4O6S2/c1-35-23(32)28-16-6-3-11(8-15(16)25)12-7-14(24)19-17(9-12)36-22(29-19)20(37(2,33)34)21(31)26-10-18(30)27-13-4-5-13/h3,6-9,13,20H,4-5,10H2,1-2H3,(H,26,31)(H,27,30)(H,28,32). The van der Waals surface area contributed by atoms with Gasteiger partial charge in [0.1, 0.15) is 16.3 Å². The molecule has 3 amide bonds. The van der Waals surface area contributed by atoms with Crippen molar-refractivity contribution in [3.63, 3.8) is 0 Å². The average Bonchev–Trinajstić information content (AvgIpc) is 3.53. The molecule has 1 atom stereocenters. The smallest absolute Gasteiger partial charge is 0.411 e. The first-order valence-corrected chi connectivity index (χ1v) is 14.1. The molecule has 37 heavy (non-hydrogen) atoms. The largest absolute Gasteiger partial charge is 0.453 e. The van der Waals surface area contributed by atoms with Gasteiger partial charge in [0, 0.05) is 12.3 Å². The fourth-order valence-corrected chi connectivity index (χ4v) is 6.39. The molecule has 3 N–H and O–H groups in total. The van der Waals surface area contributed by atoms with Gasteiger partial charge in [-0.05, 0) is 48.2 Å². The predicted molar refractivity (Wildman–Crippen MR) is 138 cm³/mol. The van der Waals surface area contributed by atoms with E-state index in [4.69, 9.17) is 11.6 Å². The van der Waals surface area contributed by atoms with Crippen LogP contribution in [0.1, 0.15) is 23.1 Å². The molecule has 1 aliphatic rings. The van der Waals surface area contributed by atoms with Crippen LogP contribution in [0.15, 0.2) is 30.3 Å². The summed E-state index contributed by atoms with van der Waals surface area (Å²) in [5.74, 6) is -1.98. The maximum atomic E-state index is 14.5.